The molecule has 2 aromatic rings. The number of anilines is 1. The summed E-state index contributed by atoms with van der Waals surface area (Å²) in [5, 5.41) is 3.33. The maximum Gasteiger partial charge on any atom is 0.251 e. The Labute approximate surface area is 144 Å². The second-order valence-corrected chi connectivity index (χ2v) is 6.63. The average Bonchev–Trinajstić information content (AvgIpc) is 3.13. The number of rotatable bonds is 5. The maximum absolute atomic E-state index is 12.2. The Balaban J connectivity index is 1.75. The highest BCUT2D eigenvalue weighted by atomic mass is 32.1. The van der Waals surface area contributed by atoms with Gasteiger partial charge in [0.05, 0.1) is 12.7 Å². The molecular formula is C18H18N2O3S. The zero-order valence-corrected chi connectivity index (χ0v) is 14.1. The minimum absolute atomic E-state index is 0.291. The molecule has 124 valence electrons. The van der Waals surface area contributed by atoms with E-state index in [0.29, 0.717) is 10.6 Å². The monoisotopic (exact) mass is 342 g/mol. The van der Waals surface area contributed by atoms with Crippen molar-refractivity contribution in [1.29, 1.82) is 0 Å². The van der Waals surface area contributed by atoms with Gasteiger partial charge >= 0.3 is 0 Å². The minimum atomic E-state index is -0.485. The third kappa shape index (κ3) is 3.33. The highest BCUT2D eigenvalue weighted by Crippen LogP contribution is 2.38. The fraction of sp³-hybridized carbons (Fsp3) is 0.222. The van der Waals surface area contributed by atoms with Gasteiger partial charge in [0.1, 0.15) is 10.8 Å². The molecule has 3 N–H and O–H groups in total. The van der Waals surface area contributed by atoms with Crippen LogP contribution in [0.5, 0.6) is 5.75 Å². The molecule has 6 heteroatoms. The minimum Gasteiger partial charge on any atom is -0.497 e. The Morgan fingerprint density at radius 2 is 2.17 bits per heavy atom. The third-order valence-corrected chi connectivity index (χ3v) is 5.13. The van der Waals surface area contributed by atoms with Crippen molar-refractivity contribution in [3.8, 4) is 5.75 Å². The van der Waals surface area contributed by atoms with E-state index in [2.05, 4.69) is 5.32 Å². The maximum atomic E-state index is 12.2. The van der Waals surface area contributed by atoms with Gasteiger partial charge in [0.25, 0.3) is 5.91 Å². The van der Waals surface area contributed by atoms with Crippen LogP contribution in [-0.4, -0.2) is 18.9 Å². The standard InChI is InChI=1S/C18H18N2O3S/c1-23-12-5-2-4-11(10-12)8-9-15(21)20-18-16(17(19)22)13-6-3-7-14(13)24-18/h2,4-5,8-10H,3,6-7H2,1H3,(H2,19,22)(H,20,21)/b9-8+. The van der Waals surface area contributed by atoms with Crippen molar-refractivity contribution in [1.82, 2.24) is 0 Å². The van der Waals surface area contributed by atoms with Gasteiger partial charge in [0.15, 0.2) is 0 Å². The molecule has 0 saturated heterocycles. The van der Waals surface area contributed by atoms with Crippen LogP contribution in [0.25, 0.3) is 6.08 Å². The summed E-state index contributed by atoms with van der Waals surface area (Å²) in [4.78, 5) is 25.0. The smallest absolute Gasteiger partial charge is 0.251 e. The number of methoxy groups -OCH3 is 1. The molecule has 0 atom stereocenters. The number of primary amides is 1. The van der Waals surface area contributed by atoms with E-state index in [0.717, 1.165) is 41.0 Å². The van der Waals surface area contributed by atoms with E-state index in [9.17, 15) is 9.59 Å². The summed E-state index contributed by atoms with van der Waals surface area (Å²) in [6, 6.07) is 7.40. The first-order valence-corrected chi connectivity index (χ1v) is 8.47. The van der Waals surface area contributed by atoms with Crippen LogP contribution in [0.4, 0.5) is 5.00 Å². The number of hydrogen-bond acceptors (Lipinski definition) is 4. The number of amides is 2. The van der Waals surface area contributed by atoms with Crippen LogP contribution in [0.2, 0.25) is 0 Å². The first-order valence-electron chi connectivity index (χ1n) is 7.66. The normalized spacial score (nSPS) is 13.0. The van der Waals surface area contributed by atoms with Gasteiger partial charge < -0.3 is 15.8 Å². The molecule has 3 rings (SSSR count). The zero-order valence-electron chi connectivity index (χ0n) is 13.3. The molecule has 5 nitrogen and oxygen atoms in total. The van der Waals surface area contributed by atoms with Crippen LogP contribution in [0.3, 0.4) is 0 Å². The van der Waals surface area contributed by atoms with E-state index < -0.39 is 5.91 Å². The number of ether oxygens (including phenoxy) is 1. The Kier molecular flexibility index (Phi) is 4.66. The van der Waals surface area contributed by atoms with E-state index in [4.69, 9.17) is 10.5 Å². The molecule has 0 fully saturated rings. The lowest BCUT2D eigenvalue weighted by atomic mass is 10.1. The van der Waals surface area contributed by atoms with Gasteiger partial charge in [-0.1, -0.05) is 12.1 Å². The quantitative estimate of drug-likeness (QED) is 0.820. The van der Waals surface area contributed by atoms with Crippen LogP contribution in [0.1, 0.15) is 32.8 Å². The number of nitrogens with one attached hydrogen (secondary N) is 1. The second kappa shape index (κ2) is 6.88. The molecule has 24 heavy (non-hydrogen) atoms. The predicted molar refractivity (Wildman–Crippen MR) is 95.5 cm³/mol. The number of fused-ring (bicyclic) bond motifs is 1. The Morgan fingerprint density at radius 1 is 1.33 bits per heavy atom. The molecular weight excluding hydrogens is 324 g/mol. The van der Waals surface area contributed by atoms with Gasteiger partial charge in [-0.2, -0.15) is 0 Å². The van der Waals surface area contributed by atoms with Crippen LogP contribution in [0, 0.1) is 0 Å². The lowest BCUT2D eigenvalue weighted by Crippen LogP contribution is -2.16. The SMILES string of the molecule is COc1cccc(/C=C/C(=O)Nc2sc3c(c2C(N)=O)CCC3)c1. The first kappa shape index (κ1) is 16.3. The summed E-state index contributed by atoms with van der Waals surface area (Å²) < 4.78 is 5.15. The summed E-state index contributed by atoms with van der Waals surface area (Å²) in [5.41, 5.74) is 7.81. The van der Waals surface area contributed by atoms with Crippen molar-refractivity contribution in [3.05, 3.63) is 51.9 Å². The van der Waals surface area contributed by atoms with E-state index in [1.807, 2.05) is 24.3 Å². The van der Waals surface area contributed by atoms with E-state index >= 15 is 0 Å². The van der Waals surface area contributed by atoms with Crippen molar-refractivity contribution in [3.63, 3.8) is 0 Å². The molecule has 0 aliphatic heterocycles. The summed E-state index contributed by atoms with van der Waals surface area (Å²) in [5.74, 6) is -0.0510. The van der Waals surface area contributed by atoms with Gasteiger partial charge in [-0.3, -0.25) is 9.59 Å². The van der Waals surface area contributed by atoms with Gasteiger partial charge in [-0.25, -0.2) is 0 Å². The fourth-order valence-electron chi connectivity index (χ4n) is 2.82. The molecule has 0 unspecified atom stereocenters. The molecule has 0 saturated carbocycles. The second-order valence-electron chi connectivity index (χ2n) is 5.52. The van der Waals surface area contributed by atoms with Crippen molar-refractivity contribution < 1.29 is 14.3 Å². The number of carbonyl (C=O) groups excluding carboxylic acids is 2. The molecule has 1 aromatic heterocycles. The van der Waals surface area contributed by atoms with Crippen LogP contribution in [-0.2, 0) is 17.6 Å². The van der Waals surface area contributed by atoms with Crippen LogP contribution >= 0.6 is 11.3 Å². The van der Waals surface area contributed by atoms with Gasteiger partial charge in [0, 0.05) is 11.0 Å². The number of nitrogens with two attached hydrogens (primary N) is 1. The molecule has 2 amide bonds. The van der Waals surface area contributed by atoms with E-state index in [1.54, 1.807) is 13.2 Å². The fourth-order valence-corrected chi connectivity index (χ4v) is 4.12. The summed E-state index contributed by atoms with van der Waals surface area (Å²) >= 11 is 1.45. The highest BCUT2D eigenvalue weighted by Gasteiger charge is 2.25. The molecule has 0 radical (unpaired) electrons. The van der Waals surface area contributed by atoms with Crippen molar-refractivity contribution in [2.24, 2.45) is 5.73 Å². The lowest BCUT2D eigenvalue weighted by Gasteiger charge is -2.03. The summed E-state index contributed by atoms with van der Waals surface area (Å²) in [6.07, 6.45) is 5.95. The zero-order chi connectivity index (χ0) is 17.1. The van der Waals surface area contributed by atoms with Crippen LogP contribution < -0.4 is 15.8 Å². The molecule has 1 heterocycles. The number of thiophene rings is 1. The Morgan fingerprint density at radius 3 is 2.92 bits per heavy atom. The van der Waals surface area contributed by atoms with Crippen LogP contribution in [0.15, 0.2) is 30.3 Å². The summed E-state index contributed by atoms with van der Waals surface area (Å²) in [6.45, 7) is 0. The van der Waals surface area contributed by atoms with Gasteiger partial charge in [-0.05, 0) is 48.6 Å². The van der Waals surface area contributed by atoms with Crippen molar-refractivity contribution in [2.75, 3.05) is 12.4 Å². The number of aryl methyl sites for hydroxylation is 1. The van der Waals surface area contributed by atoms with Crippen molar-refractivity contribution >= 4 is 34.2 Å². The van der Waals surface area contributed by atoms with E-state index in [-0.39, 0.29) is 5.91 Å². The molecule has 1 aliphatic rings. The molecule has 0 bridgehead atoms. The number of hydrogen-bond donors (Lipinski definition) is 2. The first-order chi connectivity index (χ1) is 11.6. The summed E-state index contributed by atoms with van der Waals surface area (Å²) in [7, 11) is 1.59. The van der Waals surface area contributed by atoms with Crippen molar-refractivity contribution in [2.45, 2.75) is 19.3 Å². The van der Waals surface area contributed by atoms with Gasteiger partial charge in [-0.15, -0.1) is 11.3 Å². The highest BCUT2D eigenvalue weighted by molar-refractivity contribution is 7.17. The van der Waals surface area contributed by atoms with E-state index in [1.165, 1.54) is 17.4 Å². The number of carbonyl (C=O) groups is 2. The average molecular weight is 342 g/mol. The Bertz CT molecular complexity index is 824. The Hall–Kier alpha value is -2.60. The largest absolute Gasteiger partial charge is 0.497 e. The van der Waals surface area contributed by atoms with Gasteiger partial charge in [0.2, 0.25) is 5.91 Å². The number of benzene rings is 1. The molecule has 1 aliphatic carbocycles. The predicted octanol–water partition coefficient (Wildman–Crippen LogP) is 3.00. The molecule has 1 aromatic carbocycles. The lowest BCUT2D eigenvalue weighted by molar-refractivity contribution is -0.111. The third-order valence-electron chi connectivity index (χ3n) is 3.93. The topological polar surface area (TPSA) is 81.4 Å². The molecule has 0 spiro atoms.